The van der Waals surface area contributed by atoms with Gasteiger partial charge in [-0.25, -0.2) is 0 Å². The van der Waals surface area contributed by atoms with Crippen LogP contribution in [0.3, 0.4) is 0 Å². The number of ether oxygens (including phenoxy) is 1. The van der Waals surface area contributed by atoms with E-state index in [0.717, 1.165) is 47.7 Å². The summed E-state index contributed by atoms with van der Waals surface area (Å²) in [7, 11) is 1.97. The molecule has 4 rings (SSSR count). The minimum Gasteiger partial charge on any atom is -0.404 e. The van der Waals surface area contributed by atoms with Gasteiger partial charge >= 0.3 is 6.36 Å². The third kappa shape index (κ3) is 7.24. The van der Waals surface area contributed by atoms with Crippen molar-refractivity contribution in [1.82, 2.24) is 20.0 Å². The second-order valence-corrected chi connectivity index (χ2v) is 9.55. The normalized spacial score (nSPS) is 14.8. The largest absolute Gasteiger partial charge is 0.573 e. The predicted octanol–water partition coefficient (Wildman–Crippen LogP) is 3.85. The zero-order valence-corrected chi connectivity index (χ0v) is 20.9. The lowest BCUT2D eigenvalue weighted by atomic mass is 10.1. The van der Waals surface area contributed by atoms with E-state index in [1.54, 1.807) is 0 Å². The number of likely N-dealkylation sites (N-methyl/N-ethyl adjacent to an activating group) is 1. The van der Waals surface area contributed by atoms with Crippen molar-refractivity contribution in [3.05, 3.63) is 53.6 Å². The van der Waals surface area contributed by atoms with Crippen LogP contribution in [-0.4, -0.2) is 77.9 Å². The molecule has 1 aliphatic rings. The lowest BCUT2D eigenvalue weighted by molar-refractivity contribution is -0.274. The van der Waals surface area contributed by atoms with Crippen molar-refractivity contribution >= 4 is 34.0 Å². The average molecular weight is 535 g/mol. The molecular weight excluding hydrogens is 509 g/mol. The Morgan fingerprint density at radius 3 is 2.49 bits per heavy atom. The Hall–Kier alpha value is -3.55. The highest BCUT2D eigenvalue weighted by atomic mass is 32.1. The van der Waals surface area contributed by atoms with E-state index in [0.29, 0.717) is 18.1 Å². The third-order valence-electron chi connectivity index (χ3n) is 5.73. The van der Waals surface area contributed by atoms with Crippen molar-refractivity contribution in [3.8, 4) is 16.3 Å². The fourth-order valence-corrected chi connectivity index (χ4v) is 4.58. The maximum Gasteiger partial charge on any atom is 0.573 e. The summed E-state index contributed by atoms with van der Waals surface area (Å²) >= 11 is 1.16. The quantitative estimate of drug-likeness (QED) is 0.475. The molecule has 1 aromatic heterocycles. The number of amides is 2. The van der Waals surface area contributed by atoms with Crippen LogP contribution < -0.4 is 15.4 Å². The predicted molar refractivity (Wildman–Crippen MR) is 134 cm³/mol. The molecule has 2 aromatic carbocycles. The van der Waals surface area contributed by atoms with Crippen LogP contribution in [0.25, 0.3) is 10.6 Å². The van der Waals surface area contributed by atoms with Crippen molar-refractivity contribution in [1.29, 1.82) is 0 Å². The molecule has 0 unspecified atom stereocenters. The van der Waals surface area contributed by atoms with Gasteiger partial charge in [0.2, 0.25) is 11.0 Å². The highest BCUT2D eigenvalue weighted by Crippen LogP contribution is 2.32. The van der Waals surface area contributed by atoms with Crippen LogP contribution in [0.1, 0.15) is 15.9 Å². The number of hydrogen-bond donors (Lipinski definition) is 2. The number of aromatic nitrogens is 2. The molecule has 0 saturated carbocycles. The van der Waals surface area contributed by atoms with Crippen LogP contribution in [0.5, 0.6) is 5.75 Å². The minimum absolute atomic E-state index is 0.00217. The molecule has 0 atom stereocenters. The van der Waals surface area contributed by atoms with E-state index in [4.69, 9.17) is 0 Å². The molecule has 2 N–H and O–H groups in total. The molecule has 196 valence electrons. The summed E-state index contributed by atoms with van der Waals surface area (Å²) in [4.78, 5) is 29.5. The average Bonchev–Trinajstić information content (AvgIpc) is 3.29. The van der Waals surface area contributed by atoms with Crippen LogP contribution in [-0.2, 0) is 4.79 Å². The second-order valence-electron chi connectivity index (χ2n) is 8.57. The molecule has 13 heteroatoms. The number of carbonyl (C=O) groups excluding carboxylic acids is 2. The van der Waals surface area contributed by atoms with Crippen molar-refractivity contribution in [2.75, 3.05) is 50.4 Å². The third-order valence-corrected chi connectivity index (χ3v) is 6.60. The molecule has 0 bridgehead atoms. The van der Waals surface area contributed by atoms with Gasteiger partial charge in [-0.1, -0.05) is 35.6 Å². The number of anilines is 2. The van der Waals surface area contributed by atoms with Crippen LogP contribution in [0.15, 0.2) is 42.5 Å². The SMILES string of the molecule is Cc1ccccc1-c1nnc(NC(=O)c2ccc(OC(F)(F)F)c(NC(=O)CN3CCN(C)CC3)c2)s1. The van der Waals surface area contributed by atoms with E-state index < -0.39 is 23.9 Å². The number of benzene rings is 2. The van der Waals surface area contributed by atoms with E-state index >= 15 is 0 Å². The second kappa shape index (κ2) is 11.2. The monoisotopic (exact) mass is 534 g/mol. The Labute approximate surface area is 215 Å². The van der Waals surface area contributed by atoms with Crippen LogP contribution in [0.4, 0.5) is 24.0 Å². The lowest BCUT2D eigenvalue weighted by Crippen LogP contribution is -2.47. The Morgan fingerprint density at radius 1 is 1.05 bits per heavy atom. The number of rotatable bonds is 7. The standard InChI is InChI=1S/C24H25F3N6O3S/c1-15-5-3-4-6-17(15)22-30-31-23(37-22)29-21(35)16-7-8-19(36-24(25,26)27)18(13-16)28-20(34)14-33-11-9-32(2)10-12-33/h3-8,13H,9-12,14H2,1-2H3,(H,28,34)(H,29,31,35). The molecule has 1 saturated heterocycles. The Kier molecular flexibility index (Phi) is 8.05. The van der Waals surface area contributed by atoms with Crippen molar-refractivity contribution in [2.45, 2.75) is 13.3 Å². The highest BCUT2D eigenvalue weighted by molar-refractivity contribution is 7.18. The van der Waals surface area contributed by atoms with Crippen LogP contribution >= 0.6 is 11.3 Å². The van der Waals surface area contributed by atoms with E-state index in [2.05, 4.69) is 30.5 Å². The summed E-state index contributed by atoms with van der Waals surface area (Å²) in [6.45, 7) is 4.81. The van der Waals surface area contributed by atoms with Gasteiger partial charge in [0, 0.05) is 37.3 Å². The lowest BCUT2D eigenvalue weighted by Gasteiger charge is -2.31. The molecular formula is C24H25F3N6O3S. The number of hydrogen-bond acceptors (Lipinski definition) is 8. The van der Waals surface area contributed by atoms with Gasteiger partial charge in [-0.3, -0.25) is 19.8 Å². The summed E-state index contributed by atoms with van der Waals surface area (Å²) in [5, 5.41) is 14.0. The fraction of sp³-hybridized carbons (Fsp3) is 0.333. The number of carbonyl (C=O) groups is 2. The van der Waals surface area contributed by atoms with Crippen molar-refractivity contribution < 1.29 is 27.5 Å². The molecule has 1 aliphatic heterocycles. The summed E-state index contributed by atoms with van der Waals surface area (Å²) in [6.07, 6.45) is -4.97. The summed E-state index contributed by atoms with van der Waals surface area (Å²) in [6, 6.07) is 10.9. The molecule has 9 nitrogen and oxygen atoms in total. The number of alkyl halides is 3. The maximum absolute atomic E-state index is 12.9. The first kappa shape index (κ1) is 26.5. The van der Waals surface area contributed by atoms with Gasteiger partial charge < -0.3 is 15.0 Å². The molecule has 2 amide bonds. The minimum atomic E-state index is -4.97. The fourth-order valence-electron chi connectivity index (χ4n) is 3.75. The smallest absolute Gasteiger partial charge is 0.404 e. The zero-order valence-electron chi connectivity index (χ0n) is 20.1. The van der Waals surface area contributed by atoms with Crippen molar-refractivity contribution in [2.24, 2.45) is 0 Å². The summed E-state index contributed by atoms with van der Waals surface area (Å²) in [5.74, 6) is -1.75. The van der Waals surface area contributed by atoms with Crippen LogP contribution in [0.2, 0.25) is 0 Å². The molecule has 2 heterocycles. The highest BCUT2D eigenvalue weighted by Gasteiger charge is 2.33. The van der Waals surface area contributed by atoms with Gasteiger partial charge in [0.15, 0.2) is 5.75 Å². The first-order valence-corrected chi connectivity index (χ1v) is 12.2. The maximum atomic E-state index is 12.9. The first-order valence-electron chi connectivity index (χ1n) is 11.4. The molecule has 0 aliphatic carbocycles. The summed E-state index contributed by atoms with van der Waals surface area (Å²) in [5.41, 5.74) is 1.62. The molecule has 0 radical (unpaired) electrons. The Morgan fingerprint density at radius 2 is 1.78 bits per heavy atom. The molecule has 1 fully saturated rings. The number of piperazine rings is 1. The zero-order chi connectivity index (χ0) is 26.6. The topological polar surface area (TPSA) is 99.7 Å². The number of nitrogens with zero attached hydrogens (tertiary/aromatic N) is 4. The van der Waals surface area contributed by atoms with Gasteiger partial charge in [0.25, 0.3) is 5.91 Å². The van der Waals surface area contributed by atoms with E-state index in [1.807, 2.05) is 43.1 Å². The van der Waals surface area contributed by atoms with Gasteiger partial charge in [-0.15, -0.1) is 23.4 Å². The van der Waals surface area contributed by atoms with Gasteiger partial charge in [-0.05, 0) is 37.7 Å². The molecule has 0 spiro atoms. The van der Waals surface area contributed by atoms with E-state index in [9.17, 15) is 22.8 Å². The Balaban J connectivity index is 1.49. The van der Waals surface area contributed by atoms with Crippen LogP contribution in [0, 0.1) is 6.92 Å². The summed E-state index contributed by atoms with van der Waals surface area (Å²) < 4.78 is 42.9. The van der Waals surface area contributed by atoms with Crippen molar-refractivity contribution in [3.63, 3.8) is 0 Å². The van der Waals surface area contributed by atoms with Gasteiger partial charge in [-0.2, -0.15) is 0 Å². The molecule has 3 aromatic rings. The number of aryl methyl sites for hydroxylation is 1. The van der Waals surface area contributed by atoms with E-state index in [1.165, 1.54) is 6.07 Å². The van der Waals surface area contributed by atoms with E-state index in [-0.39, 0.29) is 22.9 Å². The van der Waals surface area contributed by atoms with Gasteiger partial charge in [0.05, 0.1) is 12.2 Å². The Bertz CT molecular complexity index is 1270. The van der Waals surface area contributed by atoms with Gasteiger partial charge in [0.1, 0.15) is 5.01 Å². The first-order chi connectivity index (χ1) is 17.6. The number of nitrogens with one attached hydrogen (secondary N) is 2. The number of halogens is 3. The molecule has 37 heavy (non-hydrogen) atoms.